The Kier molecular flexibility index (Phi) is 2.89. The van der Waals surface area contributed by atoms with E-state index in [2.05, 4.69) is 4.98 Å². The molecule has 0 bridgehead atoms. The summed E-state index contributed by atoms with van der Waals surface area (Å²) in [5, 5.41) is 1.12. The van der Waals surface area contributed by atoms with Crippen LogP contribution in [0.15, 0.2) is 30.5 Å². The molecule has 1 aromatic heterocycles. The molecule has 0 saturated heterocycles. The highest BCUT2D eigenvalue weighted by molar-refractivity contribution is 6.63. The first-order valence-corrected chi connectivity index (χ1v) is 5.13. The molecule has 0 aliphatic carbocycles. The second-order valence-corrected chi connectivity index (χ2v) is 4.07. The Hall–Kier alpha value is -1.12. The molecule has 0 aliphatic heterocycles. The lowest BCUT2D eigenvalue weighted by Gasteiger charge is -2.00. The lowest BCUT2D eigenvalue weighted by atomic mass is 10.1. The van der Waals surface area contributed by atoms with E-state index in [9.17, 15) is 4.79 Å². The molecule has 1 heterocycles. The van der Waals surface area contributed by atoms with Gasteiger partial charge in [-0.15, -0.1) is 0 Å². The fraction of sp³-hybridized carbons (Fsp3) is 0.0909. The summed E-state index contributed by atoms with van der Waals surface area (Å²) in [6.07, 6.45) is 1.82. The molecule has 0 amide bonds. The van der Waals surface area contributed by atoms with E-state index >= 15 is 0 Å². The third-order valence-corrected chi connectivity index (χ3v) is 2.40. The first kappa shape index (κ1) is 10.4. The number of benzene rings is 1. The van der Waals surface area contributed by atoms with Crippen LogP contribution in [0.25, 0.3) is 10.9 Å². The Morgan fingerprint density at radius 2 is 2.13 bits per heavy atom. The van der Waals surface area contributed by atoms with Crippen LogP contribution in [0.2, 0.25) is 5.02 Å². The highest BCUT2D eigenvalue weighted by atomic mass is 35.5. The van der Waals surface area contributed by atoms with Crippen molar-refractivity contribution in [2.45, 2.75) is 6.42 Å². The summed E-state index contributed by atoms with van der Waals surface area (Å²) in [6.45, 7) is 0. The predicted molar refractivity (Wildman–Crippen MR) is 61.3 cm³/mol. The van der Waals surface area contributed by atoms with E-state index in [1.54, 1.807) is 6.20 Å². The predicted octanol–water partition coefficient (Wildman–Crippen LogP) is 3.20. The minimum absolute atomic E-state index is 0.226. The Morgan fingerprint density at radius 3 is 2.87 bits per heavy atom. The monoisotopic (exact) mass is 239 g/mol. The topological polar surface area (TPSA) is 30.0 Å². The summed E-state index contributed by atoms with van der Waals surface area (Å²) < 4.78 is 0. The Labute approximate surface area is 96.8 Å². The zero-order valence-corrected chi connectivity index (χ0v) is 9.22. The van der Waals surface area contributed by atoms with Crippen LogP contribution in [0.1, 0.15) is 5.56 Å². The molecule has 4 heteroatoms. The van der Waals surface area contributed by atoms with E-state index in [0.29, 0.717) is 5.02 Å². The van der Waals surface area contributed by atoms with Crippen molar-refractivity contribution in [3.63, 3.8) is 0 Å². The van der Waals surface area contributed by atoms with Crippen molar-refractivity contribution in [1.82, 2.24) is 4.98 Å². The van der Waals surface area contributed by atoms with Gasteiger partial charge in [-0.1, -0.05) is 17.7 Å². The average Bonchev–Trinajstić information content (AvgIpc) is 2.16. The number of nitrogens with zero attached hydrogens (tertiary/aromatic N) is 1. The Bertz CT molecular complexity index is 525. The van der Waals surface area contributed by atoms with E-state index < -0.39 is 0 Å². The fourth-order valence-corrected chi connectivity index (χ4v) is 1.75. The maximum Gasteiger partial charge on any atom is 0.226 e. The molecule has 2 rings (SSSR count). The van der Waals surface area contributed by atoms with Gasteiger partial charge in [0, 0.05) is 18.0 Å². The number of aromatic nitrogens is 1. The molecule has 0 unspecified atom stereocenters. The summed E-state index contributed by atoms with van der Waals surface area (Å²) in [5.74, 6) is 0. The molecule has 2 nitrogen and oxygen atoms in total. The first-order valence-electron chi connectivity index (χ1n) is 4.38. The smallest absolute Gasteiger partial charge is 0.226 e. The molecule has 2 aromatic rings. The molecule has 0 aliphatic rings. The maximum atomic E-state index is 10.7. The van der Waals surface area contributed by atoms with Gasteiger partial charge in [-0.2, -0.15) is 0 Å². The molecule has 0 saturated carbocycles. The van der Waals surface area contributed by atoms with Crippen molar-refractivity contribution in [1.29, 1.82) is 0 Å². The van der Waals surface area contributed by atoms with Crippen molar-refractivity contribution in [2.75, 3.05) is 0 Å². The first-order chi connectivity index (χ1) is 7.15. The number of rotatable bonds is 2. The molecule has 76 valence electrons. The zero-order chi connectivity index (χ0) is 10.8. The fourth-order valence-electron chi connectivity index (χ4n) is 1.42. The van der Waals surface area contributed by atoms with Crippen LogP contribution >= 0.6 is 23.2 Å². The van der Waals surface area contributed by atoms with Crippen LogP contribution in [0, 0.1) is 0 Å². The number of hydrogen-bond donors (Lipinski definition) is 0. The molecule has 0 radical (unpaired) electrons. The average molecular weight is 240 g/mol. The van der Waals surface area contributed by atoms with Gasteiger partial charge in [0.05, 0.1) is 10.5 Å². The summed E-state index contributed by atoms with van der Waals surface area (Å²) in [7, 11) is 0. The van der Waals surface area contributed by atoms with Gasteiger partial charge in [0.2, 0.25) is 5.24 Å². The highest BCUT2D eigenvalue weighted by Crippen LogP contribution is 2.18. The minimum atomic E-state index is -0.371. The number of carbonyl (C=O) groups is 1. The van der Waals surface area contributed by atoms with Gasteiger partial charge in [-0.05, 0) is 35.4 Å². The van der Waals surface area contributed by atoms with Gasteiger partial charge < -0.3 is 0 Å². The van der Waals surface area contributed by atoms with Crippen LogP contribution in [0.3, 0.4) is 0 Å². The second kappa shape index (κ2) is 4.17. The Balaban J connectivity index is 2.49. The molecule has 1 aromatic carbocycles. The number of pyridine rings is 1. The normalized spacial score (nSPS) is 10.5. The zero-order valence-electron chi connectivity index (χ0n) is 7.71. The summed E-state index contributed by atoms with van der Waals surface area (Å²) >= 11 is 11.1. The molecular formula is C11H7Cl2NO. The van der Waals surface area contributed by atoms with Crippen LogP contribution in [0.5, 0.6) is 0 Å². The van der Waals surface area contributed by atoms with Crippen molar-refractivity contribution < 1.29 is 4.79 Å². The molecule has 0 spiro atoms. The van der Waals surface area contributed by atoms with Crippen LogP contribution in [-0.2, 0) is 11.2 Å². The molecule has 0 atom stereocenters. The summed E-state index contributed by atoms with van der Waals surface area (Å²) in [6, 6.07) is 7.37. The summed E-state index contributed by atoms with van der Waals surface area (Å²) in [5.41, 5.74) is 1.72. The third kappa shape index (κ3) is 2.46. The van der Waals surface area contributed by atoms with E-state index in [0.717, 1.165) is 16.5 Å². The van der Waals surface area contributed by atoms with E-state index in [1.165, 1.54) is 0 Å². The van der Waals surface area contributed by atoms with Crippen molar-refractivity contribution in [3.05, 3.63) is 41.0 Å². The standard InChI is InChI=1S/C11H7Cl2NO/c12-9-5-8-3-7(4-11(13)15)1-2-10(8)14-6-9/h1-3,5-6H,4H2. The number of fused-ring (bicyclic) bond motifs is 1. The van der Waals surface area contributed by atoms with Crippen LogP contribution in [0.4, 0.5) is 0 Å². The number of halogens is 2. The van der Waals surface area contributed by atoms with Crippen molar-refractivity contribution in [3.8, 4) is 0 Å². The van der Waals surface area contributed by atoms with Crippen molar-refractivity contribution >= 4 is 39.3 Å². The molecule has 0 N–H and O–H groups in total. The number of hydrogen-bond acceptors (Lipinski definition) is 2. The van der Waals surface area contributed by atoms with Gasteiger partial charge in [0.15, 0.2) is 0 Å². The largest absolute Gasteiger partial charge is 0.281 e. The van der Waals surface area contributed by atoms with E-state index in [4.69, 9.17) is 23.2 Å². The van der Waals surface area contributed by atoms with Gasteiger partial charge in [0.25, 0.3) is 0 Å². The van der Waals surface area contributed by atoms with E-state index in [1.807, 2.05) is 24.3 Å². The van der Waals surface area contributed by atoms with Gasteiger partial charge in [-0.3, -0.25) is 9.78 Å². The molecular weight excluding hydrogens is 233 g/mol. The van der Waals surface area contributed by atoms with Crippen LogP contribution < -0.4 is 0 Å². The number of carbonyl (C=O) groups excluding carboxylic acids is 1. The van der Waals surface area contributed by atoms with Crippen LogP contribution in [-0.4, -0.2) is 10.2 Å². The van der Waals surface area contributed by atoms with Crippen molar-refractivity contribution in [2.24, 2.45) is 0 Å². The summed E-state index contributed by atoms with van der Waals surface area (Å²) in [4.78, 5) is 14.9. The minimum Gasteiger partial charge on any atom is -0.281 e. The lowest BCUT2D eigenvalue weighted by molar-refractivity contribution is -0.111. The quantitative estimate of drug-likeness (QED) is 0.754. The van der Waals surface area contributed by atoms with E-state index in [-0.39, 0.29) is 11.7 Å². The Morgan fingerprint density at radius 1 is 1.33 bits per heavy atom. The second-order valence-electron chi connectivity index (χ2n) is 3.21. The van der Waals surface area contributed by atoms with Gasteiger partial charge >= 0.3 is 0 Å². The highest BCUT2D eigenvalue weighted by Gasteiger charge is 2.02. The van der Waals surface area contributed by atoms with Gasteiger partial charge in [-0.25, -0.2) is 0 Å². The molecule has 15 heavy (non-hydrogen) atoms. The third-order valence-electron chi connectivity index (χ3n) is 2.06. The molecule has 0 fully saturated rings. The maximum absolute atomic E-state index is 10.7. The SMILES string of the molecule is O=C(Cl)Cc1ccc2ncc(Cl)cc2c1. The van der Waals surface area contributed by atoms with Gasteiger partial charge in [0.1, 0.15) is 0 Å². The lowest BCUT2D eigenvalue weighted by Crippen LogP contribution is -1.93.